The molecule has 112 valence electrons. The van der Waals surface area contributed by atoms with Crippen LogP contribution in [-0.2, 0) is 13.1 Å². The molecule has 0 fully saturated rings. The van der Waals surface area contributed by atoms with Gasteiger partial charge in [0.15, 0.2) is 0 Å². The number of rotatable bonds is 4. The van der Waals surface area contributed by atoms with E-state index < -0.39 is 11.5 Å². The number of H-pyrrole nitrogens is 1. The summed E-state index contributed by atoms with van der Waals surface area (Å²) >= 11 is 0. The molecule has 6 nitrogen and oxygen atoms in total. The van der Waals surface area contributed by atoms with Crippen LogP contribution in [0.25, 0.3) is 11.0 Å². The molecular formula is C16H16N4O2. The maximum Gasteiger partial charge on any atom is 0.260 e. The number of imidazole rings is 1. The molecule has 0 aliphatic rings. The minimum absolute atomic E-state index is 0.0988. The van der Waals surface area contributed by atoms with Crippen molar-refractivity contribution in [3.8, 4) is 0 Å². The minimum atomic E-state index is -0.406. The Bertz CT molecular complexity index is 879. The van der Waals surface area contributed by atoms with Gasteiger partial charge >= 0.3 is 0 Å². The van der Waals surface area contributed by atoms with Crippen molar-refractivity contribution in [1.82, 2.24) is 19.9 Å². The number of aromatic amines is 1. The quantitative estimate of drug-likeness (QED) is 0.768. The molecule has 1 amide bonds. The molecule has 3 aromatic rings. The van der Waals surface area contributed by atoms with E-state index >= 15 is 0 Å². The Morgan fingerprint density at radius 1 is 1.27 bits per heavy atom. The highest BCUT2D eigenvalue weighted by atomic mass is 16.2. The number of carbonyl (C=O) groups is 1. The lowest BCUT2D eigenvalue weighted by Crippen LogP contribution is -2.29. The van der Waals surface area contributed by atoms with Crippen molar-refractivity contribution in [3.05, 3.63) is 64.3 Å². The van der Waals surface area contributed by atoms with Crippen LogP contribution in [0.5, 0.6) is 0 Å². The average molecular weight is 296 g/mol. The summed E-state index contributed by atoms with van der Waals surface area (Å²) in [5, 5.41) is 2.75. The molecule has 2 aromatic heterocycles. The first kappa shape index (κ1) is 14.1. The van der Waals surface area contributed by atoms with E-state index in [1.54, 1.807) is 6.07 Å². The van der Waals surface area contributed by atoms with Gasteiger partial charge in [-0.15, -0.1) is 0 Å². The predicted octanol–water partition coefficient (Wildman–Crippen LogP) is 1.67. The summed E-state index contributed by atoms with van der Waals surface area (Å²) in [7, 11) is 0. The average Bonchev–Trinajstić information content (AvgIpc) is 2.90. The van der Waals surface area contributed by atoms with Crippen LogP contribution in [0.3, 0.4) is 0 Å². The van der Waals surface area contributed by atoms with Gasteiger partial charge in [0.1, 0.15) is 11.4 Å². The molecule has 1 aromatic carbocycles. The third-order valence-electron chi connectivity index (χ3n) is 3.52. The van der Waals surface area contributed by atoms with Crippen LogP contribution >= 0.6 is 0 Å². The monoisotopic (exact) mass is 296 g/mol. The van der Waals surface area contributed by atoms with Crippen LogP contribution in [0.4, 0.5) is 0 Å². The van der Waals surface area contributed by atoms with Gasteiger partial charge in [-0.25, -0.2) is 4.98 Å². The van der Waals surface area contributed by atoms with Crippen molar-refractivity contribution < 1.29 is 4.79 Å². The Kier molecular flexibility index (Phi) is 3.74. The molecule has 0 saturated carbocycles. The number of hydrogen-bond acceptors (Lipinski definition) is 3. The highest BCUT2D eigenvalue weighted by Gasteiger charge is 2.12. The second-order valence-electron chi connectivity index (χ2n) is 4.86. The number of carbonyl (C=O) groups excluding carboxylic acids is 1. The molecule has 6 heteroatoms. The summed E-state index contributed by atoms with van der Waals surface area (Å²) in [4.78, 5) is 30.7. The lowest BCUT2D eigenvalue weighted by atomic mass is 10.2. The fraction of sp³-hybridized carbons (Fsp3) is 0.188. The Morgan fingerprint density at radius 3 is 2.86 bits per heavy atom. The molecule has 0 aliphatic heterocycles. The van der Waals surface area contributed by atoms with E-state index in [0.717, 1.165) is 23.4 Å². The van der Waals surface area contributed by atoms with Crippen LogP contribution in [0, 0.1) is 0 Å². The maximum atomic E-state index is 12.1. The van der Waals surface area contributed by atoms with Crippen LogP contribution in [0.2, 0.25) is 0 Å². The number of hydrogen-bond donors (Lipinski definition) is 2. The molecule has 2 heterocycles. The van der Waals surface area contributed by atoms with E-state index in [4.69, 9.17) is 0 Å². The number of nitrogens with zero attached hydrogens (tertiary/aromatic N) is 2. The molecule has 0 radical (unpaired) electrons. The van der Waals surface area contributed by atoms with Crippen molar-refractivity contribution in [3.63, 3.8) is 0 Å². The van der Waals surface area contributed by atoms with Gasteiger partial charge in [0.25, 0.3) is 11.5 Å². The number of aryl methyl sites for hydroxylation is 1. The standard InChI is InChI=1S/C16H16N4O2/c1-2-20-13-8-4-3-7-12(13)19-14(20)10-18-16(22)11-6-5-9-17-15(11)21/h3-9H,2,10H2,1H3,(H,17,21)(H,18,22). The van der Waals surface area contributed by atoms with Crippen LogP contribution in [-0.4, -0.2) is 20.4 Å². The second-order valence-corrected chi connectivity index (χ2v) is 4.86. The van der Waals surface area contributed by atoms with Gasteiger partial charge < -0.3 is 14.9 Å². The molecule has 3 rings (SSSR count). The fourth-order valence-corrected chi connectivity index (χ4v) is 2.47. The summed E-state index contributed by atoms with van der Waals surface area (Å²) in [5.74, 6) is 0.362. The van der Waals surface area contributed by atoms with E-state index in [-0.39, 0.29) is 12.1 Å². The topological polar surface area (TPSA) is 79.8 Å². The van der Waals surface area contributed by atoms with Gasteiger partial charge in [0.05, 0.1) is 17.6 Å². The normalized spacial score (nSPS) is 10.8. The zero-order valence-electron chi connectivity index (χ0n) is 12.2. The van der Waals surface area contributed by atoms with Crippen molar-refractivity contribution in [2.75, 3.05) is 0 Å². The third kappa shape index (κ3) is 2.50. The zero-order chi connectivity index (χ0) is 15.5. The van der Waals surface area contributed by atoms with Gasteiger partial charge in [-0.3, -0.25) is 9.59 Å². The first-order chi connectivity index (χ1) is 10.7. The predicted molar refractivity (Wildman–Crippen MR) is 83.6 cm³/mol. The lowest BCUT2D eigenvalue weighted by Gasteiger charge is -2.07. The van der Waals surface area contributed by atoms with Gasteiger partial charge in [-0.2, -0.15) is 0 Å². The van der Waals surface area contributed by atoms with E-state index in [2.05, 4.69) is 15.3 Å². The van der Waals surface area contributed by atoms with Gasteiger partial charge in [0, 0.05) is 12.7 Å². The third-order valence-corrected chi connectivity index (χ3v) is 3.52. The zero-order valence-corrected chi connectivity index (χ0v) is 12.2. The lowest BCUT2D eigenvalue weighted by molar-refractivity contribution is 0.0948. The number of benzene rings is 1. The molecule has 0 saturated heterocycles. The summed E-state index contributed by atoms with van der Waals surface area (Å²) in [6, 6.07) is 10.9. The van der Waals surface area contributed by atoms with Crippen LogP contribution in [0.1, 0.15) is 23.1 Å². The van der Waals surface area contributed by atoms with E-state index in [9.17, 15) is 9.59 Å². The summed E-state index contributed by atoms with van der Waals surface area (Å²) in [5.41, 5.74) is 1.63. The SMILES string of the molecule is CCn1c(CNC(=O)c2ccc[nH]c2=O)nc2ccccc21. The number of nitrogens with one attached hydrogen (secondary N) is 2. The van der Waals surface area contributed by atoms with Crippen molar-refractivity contribution in [1.29, 1.82) is 0 Å². The second kappa shape index (κ2) is 5.85. The van der Waals surface area contributed by atoms with Crippen LogP contribution in [0.15, 0.2) is 47.4 Å². The van der Waals surface area contributed by atoms with Crippen molar-refractivity contribution in [2.24, 2.45) is 0 Å². The highest BCUT2D eigenvalue weighted by Crippen LogP contribution is 2.15. The van der Waals surface area contributed by atoms with E-state index in [1.165, 1.54) is 12.3 Å². The van der Waals surface area contributed by atoms with Gasteiger partial charge in [-0.1, -0.05) is 12.1 Å². The van der Waals surface area contributed by atoms with E-state index in [1.807, 2.05) is 35.8 Å². The fourth-order valence-electron chi connectivity index (χ4n) is 2.47. The molecule has 0 unspecified atom stereocenters. The number of fused-ring (bicyclic) bond motifs is 1. The summed E-state index contributed by atoms with van der Waals surface area (Å²) in [6.45, 7) is 3.06. The first-order valence-electron chi connectivity index (χ1n) is 7.10. The van der Waals surface area contributed by atoms with Crippen molar-refractivity contribution >= 4 is 16.9 Å². The molecule has 0 atom stereocenters. The minimum Gasteiger partial charge on any atom is -0.345 e. The Labute approximate surface area is 126 Å². The number of para-hydroxylation sites is 2. The number of amides is 1. The molecule has 0 aliphatic carbocycles. The maximum absolute atomic E-state index is 12.1. The Morgan fingerprint density at radius 2 is 2.09 bits per heavy atom. The Balaban J connectivity index is 1.84. The molecule has 0 spiro atoms. The molecule has 22 heavy (non-hydrogen) atoms. The largest absolute Gasteiger partial charge is 0.345 e. The van der Waals surface area contributed by atoms with E-state index in [0.29, 0.717) is 0 Å². The Hall–Kier alpha value is -2.89. The smallest absolute Gasteiger partial charge is 0.260 e. The van der Waals surface area contributed by atoms with Crippen molar-refractivity contribution in [2.45, 2.75) is 20.0 Å². The molecule has 2 N–H and O–H groups in total. The number of aromatic nitrogens is 3. The molecule has 0 bridgehead atoms. The molecular weight excluding hydrogens is 280 g/mol. The van der Waals surface area contributed by atoms with Crippen LogP contribution < -0.4 is 10.9 Å². The summed E-state index contributed by atoms with van der Waals surface area (Å²) in [6.07, 6.45) is 1.50. The number of pyridine rings is 1. The van der Waals surface area contributed by atoms with Gasteiger partial charge in [-0.05, 0) is 31.2 Å². The van der Waals surface area contributed by atoms with Gasteiger partial charge in [0.2, 0.25) is 0 Å². The summed E-state index contributed by atoms with van der Waals surface area (Å²) < 4.78 is 2.05. The highest BCUT2D eigenvalue weighted by molar-refractivity contribution is 5.93. The first-order valence-corrected chi connectivity index (χ1v) is 7.10.